The first-order valence-corrected chi connectivity index (χ1v) is 7.82. The SMILES string of the molecule is Cc1ccc(NC(=O)c2ccccc2C(=O)c2ccccc2)cc1F. The number of rotatable bonds is 4. The minimum absolute atomic E-state index is 0.235. The van der Waals surface area contributed by atoms with Gasteiger partial charge in [-0.15, -0.1) is 0 Å². The smallest absolute Gasteiger partial charge is 0.256 e. The third-order valence-corrected chi connectivity index (χ3v) is 3.88. The summed E-state index contributed by atoms with van der Waals surface area (Å²) in [5.41, 5.74) is 1.90. The van der Waals surface area contributed by atoms with Crippen molar-refractivity contribution in [3.05, 3.63) is 101 Å². The zero-order valence-corrected chi connectivity index (χ0v) is 13.6. The number of amides is 1. The standard InChI is InChI=1S/C21H16FNO2/c1-14-11-12-16(13-19(14)22)23-21(25)18-10-6-5-9-17(18)20(24)15-7-3-2-4-8-15/h2-13H,1H3,(H,23,25). The van der Waals surface area contributed by atoms with Crippen LogP contribution in [0.5, 0.6) is 0 Å². The van der Waals surface area contributed by atoms with Crippen molar-refractivity contribution in [1.82, 2.24) is 0 Å². The molecule has 1 amide bonds. The van der Waals surface area contributed by atoms with Gasteiger partial charge in [0.1, 0.15) is 5.82 Å². The van der Waals surface area contributed by atoms with Gasteiger partial charge >= 0.3 is 0 Å². The van der Waals surface area contributed by atoms with Gasteiger partial charge in [0.15, 0.2) is 5.78 Å². The van der Waals surface area contributed by atoms with Crippen LogP contribution in [0.2, 0.25) is 0 Å². The number of halogens is 1. The van der Waals surface area contributed by atoms with Gasteiger partial charge in [-0.05, 0) is 30.7 Å². The summed E-state index contributed by atoms with van der Waals surface area (Å²) in [7, 11) is 0. The van der Waals surface area contributed by atoms with Crippen LogP contribution in [0.3, 0.4) is 0 Å². The van der Waals surface area contributed by atoms with Gasteiger partial charge in [0.05, 0.1) is 5.56 Å². The molecule has 0 saturated carbocycles. The molecule has 0 fully saturated rings. The van der Waals surface area contributed by atoms with E-state index in [2.05, 4.69) is 5.32 Å². The van der Waals surface area contributed by atoms with E-state index in [0.717, 1.165) is 0 Å². The van der Waals surface area contributed by atoms with E-state index in [9.17, 15) is 14.0 Å². The number of benzene rings is 3. The van der Waals surface area contributed by atoms with E-state index in [1.165, 1.54) is 6.07 Å². The molecule has 0 aliphatic carbocycles. The lowest BCUT2D eigenvalue weighted by atomic mass is 9.98. The summed E-state index contributed by atoms with van der Waals surface area (Å²) in [6.07, 6.45) is 0. The fourth-order valence-electron chi connectivity index (χ4n) is 2.49. The van der Waals surface area contributed by atoms with Crippen LogP contribution in [-0.2, 0) is 0 Å². The molecule has 0 atom stereocenters. The normalized spacial score (nSPS) is 10.3. The molecule has 3 aromatic rings. The zero-order chi connectivity index (χ0) is 17.8. The first kappa shape index (κ1) is 16.6. The quantitative estimate of drug-likeness (QED) is 0.708. The largest absolute Gasteiger partial charge is 0.322 e. The van der Waals surface area contributed by atoms with Crippen LogP contribution >= 0.6 is 0 Å². The van der Waals surface area contributed by atoms with Gasteiger partial charge < -0.3 is 5.32 Å². The first-order valence-electron chi connectivity index (χ1n) is 7.82. The number of hydrogen-bond donors (Lipinski definition) is 1. The summed E-state index contributed by atoms with van der Waals surface area (Å²) in [5.74, 6) is -1.09. The Balaban J connectivity index is 1.91. The molecule has 0 aliphatic heterocycles. The molecule has 3 aromatic carbocycles. The Kier molecular flexibility index (Phi) is 4.70. The second kappa shape index (κ2) is 7.09. The maximum absolute atomic E-state index is 13.7. The second-order valence-electron chi connectivity index (χ2n) is 5.66. The Labute approximate surface area is 145 Å². The number of nitrogens with one attached hydrogen (secondary N) is 1. The monoisotopic (exact) mass is 333 g/mol. The van der Waals surface area contributed by atoms with Crippen LogP contribution < -0.4 is 5.32 Å². The van der Waals surface area contributed by atoms with Crippen LogP contribution in [0, 0.1) is 12.7 Å². The van der Waals surface area contributed by atoms with Crippen molar-refractivity contribution in [3.63, 3.8) is 0 Å². The average molecular weight is 333 g/mol. The van der Waals surface area contributed by atoms with Crippen LogP contribution in [0.25, 0.3) is 0 Å². The molecule has 3 rings (SSSR count). The van der Waals surface area contributed by atoms with Crippen LogP contribution in [0.15, 0.2) is 72.8 Å². The summed E-state index contributed by atoms with van der Waals surface area (Å²) in [4.78, 5) is 25.3. The Morgan fingerprint density at radius 1 is 0.840 bits per heavy atom. The Morgan fingerprint density at radius 2 is 1.48 bits per heavy atom. The number of carbonyl (C=O) groups excluding carboxylic acids is 2. The molecule has 0 heterocycles. The van der Waals surface area contributed by atoms with Crippen LogP contribution in [0.1, 0.15) is 31.8 Å². The maximum atomic E-state index is 13.7. The van der Waals surface area contributed by atoms with Crippen molar-refractivity contribution < 1.29 is 14.0 Å². The lowest BCUT2D eigenvalue weighted by Gasteiger charge is -2.10. The van der Waals surface area contributed by atoms with Crippen LogP contribution in [-0.4, -0.2) is 11.7 Å². The molecule has 4 heteroatoms. The highest BCUT2D eigenvalue weighted by Crippen LogP contribution is 2.18. The zero-order valence-electron chi connectivity index (χ0n) is 13.6. The Hall–Kier alpha value is -3.27. The summed E-state index contributed by atoms with van der Waals surface area (Å²) in [6, 6.07) is 19.8. The molecule has 124 valence electrons. The maximum Gasteiger partial charge on any atom is 0.256 e. The summed E-state index contributed by atoms with van der Waals surface area (Å²) >= 11 is 0. The van der Waals surface area contributed by atoms with Crippen molar-refractivity contribution in [2.24, 2.45) is 0 Å². The highest BCUT2D eigenvalue weighted by Gasteiger charge is 2.18. The molecule has 0 aliphatic rings. The topological polar surface area (TPSA) is 46.2 Å². The van der Waals surface area contributed by atoms with Gasteiger partial charge in [-0.1, -0.05) is 54.6 Å². The lowest BCUT2D eigenvalue weighted by molar-refractivity contribution is 0.0996. The van der Waals surface area contributed by atoms with E-state index in [1.807, 2.05) is 6.07 Å². The number of ketones is 1. The van der Waals surface area contributed by atoms with Crippen LogP contribution in [0.4, 0.5) is 10.1 Å². The minimum Gasteiger partial charge on any atom is -0.322 e. The molecule has 0 unspecified atom stereocenters. The third kappa shape index (κ3) is 3.63. The van der Waals surface area contributed by atoms with E-state index in [1.54, 1.807) is 67.6 Å². The number of hydrogen-bond acceptors (Lipinski definition) is 2. The van der Waals surface area contributed by atoms with Gasteiger partial charge in [0, 0.05) is 16.8 Å². The first-order chi connectivity index (χ1) is 12.1. The van der Waals surface area contributed by atoms with Gasteiger partial charge in [-0.25, -0.2) is 4.39 Å². The highest BCUT2D eigenvalue weighted by atomic mass is 19.1. The summed E-state index contributed by atoms with van der Waals surface area (Å²) < 4.78 is 13.7. The number of aryl methyl sites for hydroxylation is 1. The lowest BCUT2D eigenvalue weighted by Crippen LogP contribution is -2.17. The van der Waals surface area contributed by atoms with Crippen molar-refractivity contribution in [2.45, 2.75) is 6.92 Å². The predicted octanol–water partition coefficient (Wildman–Crippen LogP) is 4.62. The predicted molar refractivity (Wildman–Crippen MR) is 95.4 cm³/mol. The molecule has 0 radical (unpaired) electrons. The number of anilines is 1. The molecule has 0 spiro atoms. The molecule has 0 aromatic heterocycles. The molecular formula is C21H16FNO2. The molecule has 0 bridgehead atoms. The van der Waals surface area contributed by atoms with E-state index >= 15 is 0 Å². The minimum atomic E-state index is -0.455. The summed E-state index contributed by atoms with van der Waals surface area (Å²) in [6.45, 7) is 1.65. The van der Waals surface area contributed by atoms with E-state index in [4.69, 9.17) is 0 Å². The van der Waals surface area contributed by atoms with Crippen molar-refractivity contribution in [3.8, 4) is 0 Å². The fourth-order valence-corrected chi connectivity index (χ4v) is 2.49. The molecular weight excluding hydrogens is 317 g/mol. The molecule has 0 saturated heterocycles. The van der Waals surface area contributed by atoms with Gasteiger partial charge in [-0.2, -0.15) is 0 Å². The highest BCUT2D eigenvalue weighted by molar-refractivity contribution is 6.17. The van der Waals surface area contributed by atoms with E-state index < -0.39 is 11.7 Å². The Morgan fingerprint density at radius 3 is 2.16 bits per heavy atom. The van der Waals surface area contributed by atoms with Crippen molar-refractivity contribution in [1.29, 1.82) is 0 Å². The van der Waals surface area contributed by atoms with Crippen molar-refractivity contribution >= 4 is 17.4 Å². The summed E-state index contributed by atoms with van der Waals surface area (Å²) in [5, 5.41) is 2.64. The fraction of sp³-hybridized carbons (Fsp3) is 0.0476. The molecule has 25 heavy (non-hydrogen) atoms. The van der Waals surface area contributed by atoms with Gasteiger partial charge in [0.25, 0.3) is 5.91 Å². The van der Waals surface area contributed by atoms with Crippen molar-refractivity contribution in [2.75, 3.05) is 5.32 Å². The van der Waals surface area contributed by atoms with Gasteiger partial charge in [0.2, 0.25) is 0 Å². The van der Waals surface area contributed by atoms with E-state index in [-0.39, 0.29) is 11.3 Å². The molecule has 1 N–H and O–H groups in total. The average Bonchev–Trinajstić information content (AvgIpc) is 2.65. The number of carbonyl (C=O) groups is 2. The van der Waals surface area contributed by atoms with E-state index in [0.29, 0.717) is 22.4 Å². The van der Waals surface area contributed by atoms with Gasteiger partial charge in [-0.3, -0.25) is 9.59 Å². The Bertz CT molecular complexity index is 936. The third-order valence-electron chi connectivity index (χ3n) is 3.88. The second-order valence-corrected chi connectivity index (χ2v) is 5.66. The molecule has 3 nitrogen and oxygen atoms in total.